The largest absolute Gasteiger partial charge is 0.351 e. The maximum absolute atomic E-state index is 12.4. The van der Waals surface area contributed by atoms with Crippen LogP contribution in [0.15, 0.2) is 59.8 Å². The molecule has 0 radical (unpaired) electrons. The first-order valence-corrected chi connectivity index (χ1v) is 9.30. The summed E-state index contributed by atoms with van der Waals surface area (Å²) >= 11 is 1.36. The molecule has 0 fully saturated rings. The summed E-state index contributed by atoms with van der Waals surface area (Å²) in [5.41, 5.74) is 3.39. The number of rotatable bonds is 7. The van der Waals surface area contributed by atoms with Crippen LogP contribution in [-0.2, 0) is 17.9 Å². The normalized spacial score (nSPS) is 11.9. The van der Waals surface area contributed by atoms with Gasteiger partial charge in [0.15, 0.2) is 0 Å². The predicted molar refractivity (Wildman–Crippen MR) is 102 cm³/mol. The van der Waals surface area contributed by atoms with Crippen LogP contribution in [-0.4, -0.2) is 31.4 Å². The minimum atomic E-state index is -0.291. The highest BCUT2D eigenvalue weighted by Crippen LogP contribution is 2.21. The number of benzene rings is 2. The lowest BCUT2D eigenvalue weighted by atomic mass is 10.1. The molecule has 134 valence electrons. The molecule has 3 aromatic rings. The van der Waals surface area contributed by atoms with Crippen molar-refractivity contribution in [3.05, 3.63) is 71.3 Å². The van der Waals surface area contributed by atoms with E-state index in [4.69, 9.17) is 0 Å². The van der Waals surface area contributed by atoms with Crippen molar-refractivity contribution in [2.24, 2.45) is 0 Å². The van der Waals surface area contributed by atoms with E-state index in [0.29, 0.717) is 18.2 Å². The number of aryl methyl sites for hydroxylation is 1. The second kappa shape index (κ2) is 8.62. The van der Waals surface area contributed by atoms with Crippen LogP contribution in [0.1, 0.15) is 23.6 Å². The number of tetrazole rings is 1. The fourth-order valence-corrected chi connectivity index (χ4v) is 3.20. The summed E-state index contributed by atoms with van der Waals surface area (Å²) < 4.78 is 1.71. The summed E-state index contributed by atoms with van der Waals surface area (Å²) in [6.45, 7) is 4.99. The Morgan fingerprint density at radius 2 is 1.85 bits per heavy atom. The molecule has 6 nitrogen and oxygen atoms in total. The average molecular weight is 367 g/mol. The monoisotopic (exact) mass is 367 g/mol. The fourth-order valence-electron chi connectivity index (χ4n) is 2.39. The first kappa shape index (κ1) is 18.1. The SMILES string of the molecule is Cc1ccc(CNC(=O)C(C)Sc2nnnn2Cc2ccccc2)cc1. The van der Waals surface area contributed by atoms with Crippen LogP contribution in [0.4, 0.5) is 0 Å². The molecule has 2 aromatic carbocycles. The summed E-state index contributed by atoms with van der Waals surface area (Å²) in [5, 5.41) is 15.1. The quantitative estimate of drug-likeness (QED) is 0.650. The summed E-state index contributed by atoms with van der Waals surface area (Å²) in [4.78, 5) is 12.4. The third-order valence-electron chi connectivity index (χ3n) is 3.91. The van der Waals surface area contributed by atoms with Gasteiger partial charge in [-0.1, -0.05) is 71.9 Å². The molecule has 1 atom stereocenters. The minimum absolute atomic E-state index is 0.0372. The second-order valence-corrected chi connectivity index (χ2v) is 7.38. The topological polar surface area (TPSA) is 72.7 Å². The minimum Gasteiger partial charge on any atom is -0.351 e. The van der Waals surface area contributed by atoms with Gasteiger partial charge in [0.2, 0.25) is 11.1 Å². The van der Waals surface area contributed by atoms with Gasteiger partial charge in [0.25, 0.3) is 0 Å². The molecule has 0 saturated carbocycles. The van der Waals surface area contributed by atoms with Crippen LogP contribution in [0.3, 0.4) is 0 Å². The van der Waals surface area contributed by atoms with Crippen LogP contribution in [0, 0.1) is 6.92 Å². The molecule has 0 spiro atoms. The number of carbonyl (C=O) groups excluding carboxylic acids is 1. The first-order chi connectivity index (χ1) is 12.6. The van der Waals surface area contributed by atoms with Gasteiger partial charge < -0.3 is 5.32 Å². The smallest absolute Gasteiger partial charge is 0.233 e. The van der Waals surface area contributed by atoms with Gasteiger partial charge >= 0.3 is 0 Å². The van der Waals surface area contributed by atoms with Crippen molar-refractivity contribution >= 4 is 17.7 Å². The Morgan fingerprint density at radius 1 is 1.12 bits per heavy atom. The van der Waals surface area contributed by atoms with Gasteiger partial charge in [0.05, 0.1) is 11.8 Å². The van der Waals surface area contributed by atoms with Gasteiger partial charge in [-0.05, 0) is 35.4 Å². The number of aromatic nitrogens is 4. The van der Waals surface area contributed by atoms with Crippen LogP contribution in [0.5, 0.6) is 0 Å². The summed E-state index contributed by atoms with van der Waals surface area (Å²) in [6.07, 6.45) is 0. The zero-order chi connectivity index (χ0) is 18.4. The van der Waals surface area contributed by atoms with Gasteiger partial charge in [-0.25, -0.2) is 4.68 Å². The van der Waals surface area contributed by atoms with E-state index in [1.54, 1.807) is 4.68 Å². The lowest BCUT2D eigenvalue weighted by Gasteiger charge is -2.12. The van der Waals surface area contributed by atoms with Crippen molar-refractivity contribution in [1.29, 1.82) is 0 Å². The Labute approximate surface area is 157 Å². The van der Waals surface area contributed by atoms with Crippen molar-refractivity contribution in [1.82, 2.24) is 25.5 Å². The zero-order valence-electron chi connectivity index (χ0n) is 14.8. The van der Waals surface area contributed by atoms with E-state index in [9.17, 15) is 4.79 Å². The Balaban J connectivity index is 1.56. The number of amides is 1. The highest BCUT2D eigenvalue weighted by Gasteiger charge is 2.18. The molecule has 1 heterocycles. The maximum Gasteiger partial charge on any atom is 0.233 e. The number of carbonyl (C=O) groups is 1. The number of hydrogen-bond acceptors (Lipinski definition) is 5. The molecular formula is C19H21N5OS. The van der Waals surface area contributed by atoms with Crippen LogP contribution in [0.25, 0.3) is 0 Å². The highest BCUT2D eigenvalue weighted by atomic mass is 32.2. The molecule has 1 amide bonds. The van der Waals surface area contributed by atoms with Crippen molar-refractivity contribution in [3.63, 3.8) is 0 Å². The Hall–Kier alpha value is -2.67. The van der Waals surface area contributed by atoms with Gasteiger partial charge in [-0.15, -0.1) is 5.10 Å². The predicted octanol–water partition coefficient (Wildman–Crippen LogP) is 2.83. The number of nitrogens with one attached hydrogen (secondary N) is 1. The third kappa shape index (κ3) is 4.92. The molecule has 0 aliphatic carbocycles. The number of thioether (sulfide) groups is 1. The van der Waals surface area contributed by atoms with E-state index in [0.717, 1.165) is 11.1 Å². The van der Waals surface area contributed by atoms with Gasteiger partial charge in [0.1, 0.15) is 0 Å². The van der Waals surface area contributed by atoms with E-state index < -0.39 is 0 Å². The third-order valence-corrected chi connectivity index (χ3v) is 4.98. The van der Waals surface area contributed by atoms with Crippen LogP contribution < -0.4 is 5.32 Å². The maximum atomic E-state index is 12.4. The van der Waals surface area contributed by atoms with Crippen molar-refractivity contribution < 1.29 is 4.79 Å². The Bertz CT molecular complexity index is 848. The van der Waals surface area contributed by atoms with Gasteiger partial charge in [0, 0.05) is 6.54 Å². The summed E-state index contributed by atoms with van der Waals surface area (Å²) in [7, 11) is 0. The van der Waals surface area contributed by atoms with E-state index in [2.05, 4.69) is 20.8 Å². The molecule has 3 rings (SSSR count). The van der Waals surface area contributed by atoms with Crippen molar-refractivity contribution in [2.75, 3.05) is 0 Å². The highest BCUT2D eigenvalue weighted by molar-refractivity contribution is 8.00. The molecule has 1 N–H and O–H groups in total. The molecule has 26 heavy (non-hydrogen) atoms. The Morgan fingerprint density at radius 3 is 2.58 bits per heavy atom. The van der Waals surface area contributed by atoms with Crippen LogP contribution >= 0.6 is 11.8 Å². The van der Waals surface area contributed by atoms with Crippen molar-refractivity contribution in [3.8, 4) is 0 Å². The summed E-state index contributed by atoms with van der Waals surface area (Å²) in [5.74, 6) is -0.0372. The molecule has 1 aromatic heterocycles. The van der Waals surface area contributed by atoms with Crippen molar-refractivity contribution in [2.45, 2.75) is 37.3 Å². The molecule has 0 saturated heterocycles. The molecule has 0 aliphatic heterocycles. The second-order valence-electron chi connectivity index (χ2n) is 6.07. The first-order valence-electron chi connectivity index (χ1n) is 8.42. The van der Waals surface area contributed by atoms with Crippen LogP contribution in [0.2, 0.25) is 0 Å². The summed E-state index contributed by atoms with van der Waals surface area (Å²) in [6, 6.07) is 18.1. The lowest BCUT2D eigenvalue weighted by molar-refractivity contribution is -0.120. The molecular weight excluding hydrogens is 346 g/mol. The standard InChI is InChI=1S/C19H21N5OS/c1-14-8-10-16(11-9-14)12-20-18(25)15(2)26-19-21-22-23-24(19)13-17-6-4-3-5-7-17/h3-11,15H,12-13H2,1-2H3,(H,20,25). The Kier molecular flexibility index (Phi) is 6.01. The number of hydrogen-bond donors (Lipinski definition) is 1. The molecule has 0 bridgehead atoms. The van der Waals surface area contributed by atoms with E-state index >= 15 is 0 Å². The zero-order valence-corrected chi connectivity index (χ0v) is 15.6. The molecule has 7 heteroatoms. The number of nitrogens with zero attached hydrogens (tertiary/aromatic N) is 4. The van der Waals surface area contributed by atoms with E-state index in [-0.39, 0.29) is 11.2 Å². The molecule has 0 aliphatic rings. The molecule has 1 unspecified atom stereocenters. The fraction of sp³-hybridized carbons (Fsp3) is 0.263. The van der Waals surface area contributed by atoms with Gasteiger partial charge in [-0.2, -0.15) is 0 Å². The van der Waals surface area contributed by atoms with E-state index in [1.165, 1.54) is 17.3 Å². The van der Waals surface area contributed by atoms with Gasteiger partial charge in [-0.3, -0.25) is 4.79 Å². The lowest BCUT2D eigenvalue weighted by Crippen LogP contribution is -2.30. The van der Waals surface area contributed by atoms with E-state index in [1.807, 2.05) is 68.4 Å². The average Bonchev–Trinajstić information content (AvgIpc) is 3.08.